The highest BCUT2D eigenvalue weighted by atomic mass is 16.4. The third kappa shape index (κ3) is 12.3. The lowest BCUT2D eigenvalue weighted by Crippen LogP contribution is -2.46. The third-order valence-corrected chi connectivity index (χ3v) is 14.8. The molecular weight excluding hydrogens is 1070 g/mol. The topological polar surface area (TPSA) is 427 Å². The number of aromatic nitrogens is 1. The molecule has 1 aromatic heterocycles. The summed E-state index contributed by atoms with van der Waals surface area (Å²) in [6.07, 6.45) is 12.2. The molecule has 4 aromatic rings. The molecule has 6 unspecified atom stereocenters. The second-order valence-electron chi connectivity index (χ2n) is 20.2. The number of benzene rings is 3. The number of carboxylic acid groups (broad SMARTS) is 9. The molecule has 6 atom stereocenters. The molecule has 3 aromatic carbocycles. The number of hydrogen-bond donors (Lipinski definition) is 15. The summed E-state index contributed by atoms with van der Waals surface area (Å²) in [5.74, 6) is -9.81. The SMILES string of the molecule is CC1=C(C(=O)O)C=C(N)C(C)(C)N1.O=C(O)C1=C(C(=O)O)NCN1.O=C(O)c1c(C(=O)O)c(-c2ccccc2)n2c1CCC2.O=C(O)c1ccc2c(c1)C1C=CCC1C(C(=O)O)N2.O=C(O)c1cccc2c1NC(C(=O)O)C1CC=CC21. The zero-order chi connectivity index (χ0) is 60.1. The number of allylic oxidation sites excluding steroid dienone is 5. The lowest BCUT2D eigenvalue weighted by molar-refractivity contribution is -0.140. The summed E-state index contributed by atoms with van der Waals surface area (Å²) in [6.45, 7) is 6.34. The number of nitrogens with two attached hydrogens (primary N) is 1. The summed E-state index contributed by atoms with van der Waals surface area (Å²) in [7, 11) is 0. The highest BCUT2D eigenvalue weighted by molar-refractivity contribution is 6.08. The van der Waals surface area contributed by atoms with Crippen molar-refractivity contribution < 1.29 is 89.1 Å². The van der Waals surface area contributed by atoms with Gasteiger partial charge in [-0.1, -0.05) is 66.8 Å². The van der Waals surface area contributed by atoms with E-state index in [1.54, 1.807) is 37.3 Å². The number of para-hydroxylation sites is 1. The molecule has 0 saturated carbocycles. The van der Waals surface area contributed by atoms with Gasteiger partial charge < -0.3 is 82.8 Å². The molecule has 0 radical (unpaired) electrons. The zero-order valence-corrected chi connectivity index (χ0v) is 44.2. The molecule has 430 valence electrons. The van der Waals surface area contributed by atoms with Gasteiger partial charge in [0.1, 0.15) is 12.1 Å². The first-order valence-electron chi connectivity index (χ1n) is 25.5. The Morgan fingerprint density at radius 2 is 1.20 bits per heavy atom. The van der Waals surface area contributed by atoms with Gasteiger partial charge in [-0.3, -0.25) is 0 Å². The van der Waals surface area contributed by atoms with E-state index in [2.05, 4.69) is 26.6 Å². The Morgan fingerprint density at radius 1 is 0.622 bits per heavy atom. The first-order chi connectivity index (χ1) is 38.7. The molecule has 0 fully saturated rings. The number of rotatable bonds is 10. The summed E-state index contributed by atoms with van der Waals surface area (Å²) in [6, 6.07) is 17.6. The van der Waals surface area contributed by atoms with Gasteiger partial charge in [-0.25, -0.2) is 43.2 Å². The van der Waals surface area contributed by atoms with Crippen LogP contribution in [-0.4, -0.2) is 129 Å². The first-order valence-corrected chi connectivity index (χ1v) is 25.5. The van der Waals surface area contributed by atoms with Crippen molar-refractivity contribution in [3.05, 3.63) is 165 Å². The number of nitrogens with one attached hydrogen (secondary N) is 5. The fraction of sp³-hybridized carbons (Fsp3) is 0.281. The standard InChI is InChI=1S/C15H13NO4.2C14H13NO4.C9H14N2O2.C5H6N2O4/c17-14(18)11-10-7-4-8-16(10)13(12(11)15(19)20)9-5-2-1-3-6-9;16-13(17)10-6-2-4-8-7-3-1-5-9(7)12(14(18)19)15-11(8)10;16-13(17)7-4-5-11-10(6-7)8-2-1-3-9(8)12(15-11)14(18)19;1-5-6(8(12)13)4-7(10)9(2,3)11-5;8-4(9)2-3(5(10)11)7-1-6-2/h1-3,5-6H,4,7-8H2,(H,17,18)(H,19,20);1-4,6-7,9,12,15H,5H2,(H,16,17)(H,18,19);1-2,4-6,8-9,12,15H,3H2,(H,16,17)(H,18,19);4,11H,10H2,1-3H3,(H,12,13);6-7H,1H2,(H,8,9)(H,10,11). The van der Waals surface area contributed by atoms with Crippen LogP contribution in [0.2, 0.25) is 0 Å². The molecule has 16 N–H and O–H groups in total. The maximum Gasteiger partial charge on any atom is 0.354 e. The Kier molecular flexibility index (Phi) is 17.6. The van der Waals surface area contributed by atoms with Crippen molar-refractivity contribution in [3.8, 4) is 11.3 Å². The molecule has 0 spiro atoms. The number of carbonyl (C=O) groups is 9. The predicted molar refractivity (Wildman–Crippen MR) is 292 cm³/mol. The van der Waals surface area contributed by atoms with Crippen LogP contribution < -0.4 is 32.3 Å². The van der Waals surface area contributed by atoms with Crippen LogP contribution in [0, 0.1) is 11.8 Å². The van der Waals surface area contributed by atoms with Crippen LogP contribution in [0.25, 0.3) is 11.3 Å². The summed E-state index contributed by atoms with van der Waals surface area (Å²) >= 11 is 0. The number of aromatic carboxylic acids is 4. The minimum Gasteiger partial charge on any atom is -0.480 e. The number of dihydropyridines is 1. The molecule has 82 heavy (non-hydrogen) atoms. The molecule has 6 heterocycles. The number of carboxylic acids is 9. The molecular formula is C57H59N7O18. The van der Waals surface area contributed by atoms with Crippen LogP contribution in [0.15, 0.2) is 125 Å². The Balaban J connectivity index is 0.000000150. The summed E-state index contributed by atoms with van der Waals surface area (Å²) in [4.78, 5) is 99.2. The summed E-state index contributed by atoms with van der Waals surface area (Å²) in [5.41, 5.74) is 11.1. The fourth-order valence-corrected chi connectivity index (χ4v) is 11.0. The molecule has 11 rings (SSSR count). The van der Waals surface area contributed by atoms with Crippen LogP contribution in [0.5, 0.6) is 0 Å². The van der Waals surface area contributed by atoms with E-state index in [4.69, 9.17) is 26.2 Å². The van der Waals surface area contributed by atoms with Crippen molar-refractivity contribution in [3.63, 3.8) is 0 Å². The van der Waals surface area contributed by atoms with Gasteiger partial charge in [0.05, 0.1) is 51.4 Å². The van der Waals surface area contributed by atoms with Crippen molar-refractivity contribution >= 4 is 65.1 Å². The van der Waals surface area contributed by atoms with Gasteiger partial charge in [0.2, 0.25) is 0 Å². The summed E-state index contributed by atoms with van der Waals surface area (Å²) in [5, 5.41) is 94.9. The van der Waals surface area contributed by atoms with E-state index < -0.39 is 65.8 Å². The highest BCUT2D eigenvalue weighted by Gasteiger charge is 2.43. The number of fused-ring (bicyclic) bond motifs is 7. The Morgan fingerprint density at radius 3 is 1.72 bits per heavy atom. The van der Waals surface area contributed by atoms with E-state index in [1.807, 2.05) is 67.0 Å². The molecule has 2 aliphatic carbocycles. The molecule has 25 heteroatoms. The van der Waals surface area contributed by atoms with Crippen LogP contribution in [-0.2, 0) is 36.9 Å². The largest absolute Gasteiger partial charge is 0.480 e. The first kappa shape index (κ1) is 59.3. The van der Waals surface area contributed by atoms with Crippen LogP contribution in [0.3, 0.4) is 0 Å². The lowest BCUT2D eigenvalue weighted by atomic mass is 9.78. The van der Waals surface area contributed by atoms with Crippen molar-refractivity contribution in [1.82, 2.24) is 20.5 Å². The third-order valence-electron chi connectivity index (χ3n) is 14.8. The normalized spacial score (nSPS) is 21.2. The van der Waals surface area contributed by atoms with Crippen molar-refractivity contribution in [1.29, 1.82) is 0 Å². The molecule has 0 bridgehead atoms. The number of anilines is 2. The molecule has 0 saturated heterocycles. The van der Waals surface area contributed by atoms with Gasteiger partial charge in [0.15, 0.2) is 11.4 Å². The maximum absolute atomic E-state index is 11.5. The quantitative estimate of drug-likeness (QED) is 0.0880. The van der Waals surface area contributed by atoms with E-state index in [1.165, 1.54) is 18.2 Å². The van der Waals surface area contributed by atoms with Gasteiger partial charge >= 0.3 is 53.7 Å². The highest BCUT2D eigenvalue weighted by Crippen LogP contribution is 2.47. The van der Waals surface area contributed by atoms with E-state index >= 15 is 0 Å². The van der Waals surface area contributed by atoms with E-state index in [-0.39, 0.29) is 75.1 Å². The van der Waals surface area contributed by atoms with E-state index in [9.17, 15) is 68.7 Å². The van der Waals surface area contributed by atoms with Gasteiger partial charge in [0.25, 0.3) is 0 Å². The van der Waals surface area contributed by atoms with Gasteiger partial charge in [-0.05, 0) is 93.5 Å². The van der Waals surface area contributed by atoms with Gasteiger partial charge in [0, 0.05) is 53.0 Å². The lowest BCUT2D eigenvalue weighted by Gasteiger charge is -2.35. The maximum atomic E-state index is 11.5. The minimum atomic E-state index is -1.27. The smallest absolute Gasteiger partial charge is 0.354 e. The number of aliphatic carboxylic acids is 5. The van der Waals surface area contributed by atoms with E-state index in [0.29, 0.717) is 60.0 Å². The van der Waals surface area contributed by atoms with Gasteiger partial charge in [-0.15, -0.1) is 0 Å². The number of hydrogen-bond acceptors (Lipinski definition) is 15. The minimum absolute atomic E-state index is 0.0170. The van der Waals surface area contributed by atoms with Crippen LogP contribution in [0.1, 0.15) is 110 Å². The Labute approximate surface area is 466 Å². The average Bonchev–Trinajstić information content (AvgIpc) is 2.76. The van der Waals surface area contributed by atoms with Crippen molar-refractivity contribution in [2.45, 2.75) is 82.5 Å². The molecule has 5 aliphatic heterocycles. The molecule has 25 nitrogen and oxygen atoms in total. The van der Waals surface area contributed by atoms with Crippen LogP contribution >= 0.6 is 0 Å². The zero-order valence-electron chi connectivity index (χ0n) is 44.2. The predicted octanol–water partition coefficient (Wildman–Crippen LogP) is 5.43. The average molecular weight is 1130 g/mol. The second kappa shape index (κ2) is 24.4. The fourth-order valence-electron chi connectivity index (χ4n) is 11.0. The van der Waals surface area contributed by atoms with Crippen molar-refractivity contribution in [2.24, 2.45) is 17.6 Å². The van der Waals surface area contributed by atoms with Crippen LogP contribution in [0.4, 0.5) is 11.4 Å². The second-order valence-corrected chi connectivity index (χ2v) is 20.2. The molecule has 7 aliphatic rings. The van der Waals surface area contributed by atoms with E-state index in [0.717, 1.165) is 23.1 Å². The molecule has 0 amide bonds. The van der Waals surface area contributed by atoms with Gasteiger partial charge in [-0.2, -0.15) is 0 Å². The Bertz CT molecular complexity index is 3420. The Hall–Kier alpha value is -10.3. The van der Waals surface area contributed by atoms with Crippen molar-refractivity contribution in [2.75, 3.05) is 17.3 Å². The summed E-state index contributed by atoms with van der Waals surface area (Å²) < 4.78 is 1.84. The monoisotopic (exact) mass is 1130 g/mol. The number of nitrogens with zero attached hydrogens (tertiary/aromatic N) is 1.